The van der Waals surface area contributed by atoms with Crippen LogP contribution in [0.1, 0.15) is 16.8 Å². The van der Waals surface area contributed by atoms with Crippen LogP contribution in [-0.4, -0.2) is 59.5 Å². The van der Waals surface area contributed by atoms with Crippen LogP contribution >= 0.6 is 23.4 Å². The Balaban J connectivity index is 1.60. The molecule has 0 saturated carbocycles. The number of hydrogen-bond donors (Lipinski definition) is 3. The van der Waals surface area contributed by atoms with Crippen molar-refractivity contribution in [2.45, 2.75) is 11.3 Å². The van der Waals surface area contributed by atoms with Crippen LogP contribution in [-0.2, 0) is 11.8 Å². The number of hydrogen-bond acceptors (Lipinski definition) is 7. The van der Waals surface area contributed by atoms with E-state index in [4.69, 9.17) is 21.4 Å². The molecule has 3 rings (SSSR count). The molecule has 0 spiro atoms. The molecule has 170 valence electrons. The maximum atomic E-state index is 12.4. The molecule has 0 aliphatic carbocycles. The highest BCUT2D eigenvalue weighted by Gasteiger charge is 2.12. The first kappa shape index (κ1) is 24.1. The van der Waals surface area contributed by atoms with Gasteiger partial charge in [0.1, 0.15) is 0 Å². The number of nitrogens with zero attached hydrogens (tertiary/aromatic N) is 3. The molecule has 10 heteroatoms. The number of imidazole rings is 1. The molecule has 8 nitrogen and oxygen atoms in total. The number of carbonyl (C=O) groups is 1. The Labute approximate surface area is 196 Å². The molecular formula is C22H26ClN5O3S. The molecule has 1 heterocycles. The van der Waals surface area contributed by atoms with Gasteiger partial charge in [0.2, 0.25) is 5.95 Å². The van der Waals surface area contributed by atoms with Gasteiger partial charge >= 0.3 is 0 Å². The van der Waals surface area contributed by atoms with Crippen LogP contribution in [0.5, 0.6) is 0 Å². The molecule has 1 amide bonds. The zero-order valence-corrected chi connectivity index (χ0v) is 19.4. The molecule has 0 bridgehead atoms. The predicted molar refractivity (Wildman–Crippen MR) is 131 cm³/mol. The Morgan fingerprint density at radius 3 is 2.94 bits per heavy atom. The summed E-state index contributed by atoms with van der Waals surface area (Å²) in [5.74, 6) is 1.07. The Kier molecular flexibility index (Phi) is 8.92. The molecule has 0 saturated heterocycles. The van der Waals surface area contributed by atoms with Crippen LogP contribution in [0, 0.1) is 0 Å². The summed E-state index contributed by atoms with van der Waals surface area (Å²) < 4.78 is 7.26. The molecule has 0 fully saturated rings. The first-order valence-corrected chi connectivity index (χ1v) is 11.5. The normalized spacial score (nSPS) is 11.0. The first-order valence-electron chi connectivity index (χ1n) is 10.1. The quantitative estimate of drug-likeness (QED) is 0.159. The van der Waals surface area contributed by atoms with Crippen molar-refractivity contribution in [2.75, 3.05) is 37.6 Å². The van der Waals surface area contributed by atoms with Crippen LogP contribution in [0.25, 0.3) is 11.0 Å². The number of aromatic nitrogens is 2. The molecule has 1 aromatic heterocycles. The number of nitrogens with one attached hydrogen (secondary N) is 2. The number of aliphatic hydroxyl groups excluding tert-OH is 1. The van der Waals surface area contributed by atoms with Gasteiger partial charge in [-0.2, -0.15) is 0 Å². The summed E-state index contributed by atoms with van der Waals surface area (Å²) in [6.07, 6.45) is 0.588. The lowest BCUT2D eigenvalue weighted by Crippen LogP contribution is -2.27. The van der Waals surface area contributed by atoms with E-state index >= 15 is 0 Å². The van der Waals surface area contributed by atoms with Crippen molar-refractivity contribution in [2.24, 2.45) is 12.0 Å². The maximum Gasteiger partial charge on any atom is 0.251 e. The molecule has 0 radical (unpaired) electrons. The van der Waals surface area contributed by atoms with Crippen molar-refractivity contribution in [3.63, 3.8) is 0 Å². The number of benzene rings is 2. The van der Waals surface area contributed by atoms with E-state index in [0.717, 1.165) is 21.6 Å². The van der Waals surface area contributed by atoms with E-state index in [-0.39, 0.29) is 12.5 Å². The summed E-state index contributed by atoms with van der Waals surface area (Å²) in [6.45, 7) is 4.97. The van der Waals surface area contributed by atoms with E-state index in [0.29, 0.717) is 48.6 Å². The Morgan fingerprint density at radius 1 is 1.31 bits per heavy atom. The fourth-order valence-corrected chi connectivity index (χ4v) is 4.10. The fraction of sp³-hybridized carbons (Fsp3) is 0.318. The average Bonchev–Trinajstić information content (AvgIpc) is 3.11. The highest BCUT2D eigenvalue weighted by atomic mass is 35.5. The molecule has 0 aliphatic rings. The molecule has 3 N–H and O–H groups in total. The van der Waals surface area contributed by atoms with Gasteiger partial charge in [-0.3, -0.25) is 9.79 Å². The molecular weight excluding hydrogens is 450 g/mol. The van der Waals surface area contributed by atoms with Gasteiger partial charge in [0.25, 0.3) is 5.91 Å². The van der Waals surface area contributed by atoms with Gasteiger partial charge in [-0.25, -0.2) is 4.98 Å². The Morgan fingerprint density at radius 2 is 2.16 bits per heavy atom. The number of aryl methyl sites for hydroxylation is 1. The van der Waals surface area contributed by atoms with Crippen molar-refractivity contribution in [1.29, 1.82) is 0 Å². The molecule has 2 aromatic carbocycles. The topological polar surface area (TPSA) is 101 Å². The number of rotatable bonds is 12. The SMILES string of the molecule is C=Nc1ccc(Cl)cc1SCNc1nc2cc(C(=O)NCCOCCCO)ccc2n1C. The van der Waals surface area contributed by atoms with Crippen LogP contribution in [0.15, 0.2) is 46.3 Å². The lowest BCUT2D eigenvalue weighted by atomic mass is 10.2. The summed E-state index contributed by atoms with van der Waals surface area (Å²) in [5, 5.41) is 15.5. The lowest BCUT2D eigenvalue weighted by molar-refractivity contribution is 0.0898. The minimum atomic E-state index is -0.182. The molecule has 3 aromatic rings. The number of halogens is 1. The molecule has 0 atom stereocenters. The Hall–Kier alpha value is -2.59. The third kappa shape index (κ3) is 6.23. The number of ether oxygens (including phenoxy) is 1. The fourth-order valence-electron chi connectivity index (χ4n) is 3.02. The number of anilines is 1. The van der Waals surface area contributed by atoms with Crippen molar-refractivity contribution < 1.29 is 14.6 Å². The Bertz CT molecular complexity index is 1090. The van der Waals surface area contributed by atoms with Gasteiger partial charge in [0.05, 0.1) is 29.2 Å². The van der Waals surface area contributed by atoms with Crippen molar-refractivity contribution in [1.82, 2.24) is 14.9 Å². The summed E-state index contributed by atoms with van der Waals surface area (Å²) >= 11 is 7.64. The number of thioether (sulfide) groups is 1. The van der Waals surface area contributed by atoms with E-state index in [1.54, 1.807) is 30.0 Å². The summed E-state index contributed by atoms with van der Waals surface area (Å²) in [6, 6.07) is 10.9. The van der Waals surface area contributed by atoms with Crippen molar-refractivity contribution in [3.8, 4) is 0 Å². The van der Waals surface area contributed by atoms with Gasteiger partial charge < -0.3 is 25.0 Å². The largest absolute Gasteiger partial charge is 0.396 e. The first-order chi connectivity index (χ1) is 15.5. The third-order valence-electron chi connectivity index (χ3n) is 4.67. The predicted octanol–water partition coefficient (Wildman–Crippen LogP) is 3.85. The molecule has 0 unspecified atom stereocenters. The average molecular weight is 476 g/mol. The number of carbonyl (C=O) groups excluding carboxylic acids is 1. The number of fused-ring (bicyclic) bond motifs is 1. The standard InChI is InChI=1S/C22H26ClN5O3S/c1-24-17-6-5-16(23)13-20(17)32-14-26-22-27-18-12-15(4-7-19(18)28(22)2)21(30)25-8-11-31-10-3-9-29/h4-7,12-13,29H,1,3,8-11,14H2,2H3,(H,25,30)(H,26,27). The second-order valence-electron chi connectivity index (χ2n) is 6.88. The van der Waals surface area contributed by atoms with Crippen molar-refractivity contribution >= 4 is 58.7 Å². The smallest absolute Gasteiger partial charge is 0.251 e. The van der Waals surface area contributed by atoms with E-state index in [2.05, 4.69) is 27.3 Å². The maximum absolute atomic E-state index is 12.4. The number of aliphatic hydroxyl groups is 1. The van der Waals surface area contributed by atoms with Gasteiger partial charge in [0, 0.05) is 42.3 Å². The van der Waals surface area contributed by atoms with Crippen molar-refractivity contribution in [3.05, 3.63) is 47.0 Å². The monoisotopic (exact) mass is 475 g/mol. The number of aliphatic imine (C=N–C) groups is 1. The van der Waals surface area contributed by atoms with E-state index in [9.17, 15) is 4.79 Å². The zero-order chi connectivity index (χ0) is 22.9. The van der Waals surface area contributed by atoms with E-state index in [1.807, 2.05) is 29.8 Å². The summed E-state index contributed by atoms with van der Waals surface area (Å²) in [4.78, 5) is 22.0. The number of amides is 1. The van der Waals surface area contributed by atoms with Gasteiger partial charge in [-0.05, 0) is 49.5 Å². The second kappa shape index (κ2) is 11.9. The van der Waals surface area contributed by atoms with Gasteiger partial charge in [0.15, 0.2) is 0 Å². The lowest BCUT2D eigenvalue weighted by Gasteiger charge is -2.08. The van der Waals surface area contributed by atoms with Gasteiger partial charge in [-0.1, -0.05) is 11.6 Å². The minimum Gasteiger partial charge on any atom is -0.396 e. The summed E-state index contributed by atoms with van der Waals surface area (Å²) in [7, 11) is 1.92. The highest BCUT2D eigenvalue weighted by molar-refractivity contribution is 7.99. The van der Waals surface area contributed by atoms with Gasteiger partial charge in [-0.15, -0.1) is 11.8 Å². The molecule has 32 heavy (non-hydrogen) atoms. The molecule has 0 aliphatic heterocycles. The van der Waals surface area contributed by atoms with E-state index in [1.165, 1.54) is 0 Å². The zero-order valence-electron chi connectivity index (χ0n) is 17.8. The van der Waals surface area contributed by atoms with Crippen LogP contribution < -0.4 is 10.6 Å². The highest BCUT2D eigenvalue weighted by Crippen LogP contribution is 2.32. The second-order valence-corrected chi connectivity index (χ2v) is 8.33. The van der Waals surface area contributed by atoms with Crippen LogP contribution in [0.3, 0.4) is 0 Å². The van der Waals surface area contributed by atoms with Crippen LogP contribution in [0.4, 0.5) is 11.6 Å². The third-order valence-corrected chi connectivity index (χ3v) is 5.83. The summed E-state index contributed by atoms with van der Waals surface area (Å²) in [5.41, 5.74) is 2.95. The minimum absolute atomic E-state index is 0.0969. The van der Waals surface area contributed by atoms with Crippen LogP contribution in [0.2, 0.25) is 5.02 Å². The van der Waals surface area contributed by atoms with E-state index < -0.39 is 0 Å².